The molecule has 2 nitrogen and oxygen atoms in total. The van der Waals surface area contributed by atoms with Crippen molar-refractivity contribution in [1.29, 1.82) is 0 Å². The van der Waals surface area contributed by atoms with Crippen molar-refractivity contribution in [1.82, 2.24) is 5.43 Å². The van der Waals surface area contributed by atoms with Crippen LogP contribution in [-0.2, 0) is 0 Å². The highest BCUT2D eigenvalue weighted by Gasteiger charge is 2.22. The second-order valence-corrected chi connectivity index (χ2v) is 6.10. The molecule has 2 aromatic heterocycles. The maximum absolute atomic E-state index is 13.8. The van der Waals surface area contributed by atoms with Gasteiger partial charge < -0.3 is 0 Å². The van der Waals surface area contributed by atoms with E-state index >= 15 is 0 Å². The molecule has 1 aromatic carbocycles. The molecule has 0 aliphatic carbocycles. The van der Waals surface area contributed by atoms with Crippen molar-refractivity contribution in [3.63, 3.8) is 0 Å². The molecule has 0 fully saturated rings. The Bertz CT molecular complexity index is 672. The zero-order chi connectivity index (χ0) is 13.4. The highest BCUT2D eigenvalue weighted by molar-refractivity contribution is 7.27. The molecule has 0 radical (unpaired) electrons. The number of hydrogen-bond donors (Lipinski definition) is 2. The normalized spacial score (nSPS) is 13.0. The Kier molecular flexibility index (Phi) is 3.32. The van der Waals surface area contributed by atoms with Gasteiger partial charge in [0, 0.05) is 19.8 Å². The van der Waals surface area contributed by atoms with Gasteiger partial charge in [-0.3, -0.25) is 5.84 Å². The standard InChI is InChI=1S/C13H10F2N2S2/c14-7-2-1-3-8(15)12(7)13(17-16)11-6-10-9(19-11)4-5-18-10/h1-6,13,17H,16H2. The third-order valence-electron chi connectivity index (χ3n) is 2.90. The minimum atomic E-state index is -0.675. The first-order chi connectivity index (χ1) is 9.20. The van der Waals surface area contributed by atoms with E-state index in [1.54, 1.807) is 11.3 Å². The third-order valence-corrected chi connectivity index (χ3v) is 5.06. The summed E-state index contributed by atoms with van der Waals surface area (Å²) < 4.78 is 29.8. The third kappa shape index (κ3) is 2.17. The van der Waals surface area contributed by atoms with Gasteiger partial charge in [0.25, 0.3) is 0 Å². The quantitative estimate of drug-likeness (QED) is 0.570. The minimum absolute atomic E-state index is 0.0427. The fourth-order valence-electron chi connectivity index (χ4n) is 2.02. The fourth-order valence-corrected chi connectivity index (χ4v) is 4.21. The lowest BCUT2D eigenvalue weighted by Gasteiger charge is -2.16. The Labute approximate surface area is 116 Å². The van der Waals surface area contributed by atoms with Crippen molar-refractivity contribution in [3.05, 3.63) is 57.8 Å². The molecule has 0 aliphatic rings. The topological polar surface area (TPSA) is 38.0 Å². The lowest BCUT2D eigenvalue weighted by atomic mass is 10.0. The number of hydrazine groups is 1. The van der Waals surface area contributed by atoms with Gasteiger partial charge in [-0.1, -0.05) is 6.07 Å². The Morgan fingerprint density at radius 3 is 2.47 bits per heavy atom. The van der Waals surface area contributed by atoms with E-state index in [0.29, 0.717) is 0 Å². The van der Waals surface area contributed by atoms with Crippen LogP contribution in [0.2, 0.25) is 0 Å². The van der Waals surface area contributed by atoms with Gasteiger partial charge in [0.1, 0.15) is 11.6 Å². The molecule has 0 saturated carbocycles. The average Bonchev–Trinajstić information content (AvgIpc) is 2.94. The van der Waals surface area contributed by atoms with Crippen LogP contribution in [0.3, 0.4) is 0 Å². The summed E-state index contributed by atoms with van der Waals surface area (Å²) in [6.45, 7) is 0. The fraction of sp³-hybridized carbons (Fsp3) is 0.0769. The van der Waals surface area contributed by atoms with Gasteiger partial charge in [-0.25, -0.2) is 14.2 Å². The average molecular weight is 296 g/mol. The van der Waals surface area contributed by atoms with E-state index < -0.39 is 17.7 Å². The number of benzene rings is 1. The van der Waals surface area contributed by atoms with Crippen molar-refractivity contribution in [2.75, 3.05) is 0 Å². The van der Waals surface area contributed by atoms with Crippen LogP contribution < -0.4 is 11.3 Å². The lowest BCUT2D eigenvalue weighted by molar-refractivity contribution is 0.514. The number of rotatable bonds is 3. The molecular weight excluding hydrogens is 286 g/mol. The van der Waals surface area contributed by atoms with E-state index in [-0.39, 0.29) is 5.56 Å². The maximum Gasteiger partial charge on any atom is 0.131 e. The molecule has 3 aromatic rings. The Morgan fingerprint density at radius 1 is 1.11 bits per heavy atom. The van der Waals surface area contributed by atoms with Crippen LogP contribution in [0.1, 0.15) is 16.5 Å². The molecular formula is C13H10F2N2S2. The van der Waals surface area contributed by atoms with E-state index in [9.17, 15) is 8.78 Å². The number of fused-ring (bicyclic) bond motifs is 1. The molecule has 98 valence electrons. The molecule has 3 rings (SSSR count). The second-order valence-electron chi connectivity index (χ2n) is 4.03. The van der Waals surface area contributed by atoms with E-state index in [4.69, 9.17) is 5.84 Å². The summed E-state index contributed by atoms with van der Waals surface area (Å²) in [4.78, 5) is 0.799. The summed E-state index contributed by atoms with van der Waals surface area (Å²) in [5, 5.41) is 1.99. The highest BCUT2D eigenvalue weighted by Crippen LogP contribution is 2.36. The predicted octanol–water partition coefficient (Wildman–Crippen LogP) is 3.79. The highest BCUT2D eigenvalue weighted by atomic mass is 32.1. The second kappa shape index (κ2) is 4.97. The molecule has 3 N–H and O–H groups in total. The SMILES string of the molecule is NNC(c1cc2sccc2s1)c1c(F)cccc1F. The number of hydrogen-bond acceptors (Lipinski definition) is 4. The van der Waals surface area contributed by atoms with Gasteiger partial charge in [0.15, 0.2) is 0 Å². The first kappa shape index (κ1) is 12.7. The van der Waals surface area contributed by atoms with Gasteiger partial charge in [0.2, 0.25) is 0 Å². The molecule has 0 amide bonds. The molecule has 1 atom stereocenters. The first-order valence-electron chi connectivity index (χ1n) is 5.57. The predicted molar refractivity (Wildman–Crippen MR) is 75.2 cm³/mol. The van der Waals surface area contributed by atoms with Crippen molar-refractivity contribution >= 4 is 32.1 Å². The summed E-state index contributed by atoms with van der Waals surface area (Å²) in [6.07, 6.45) is 0. The van der Waals surface area contributed by atoms with Crippen LogP contribution in [0.4, 0.5) is 8.78 Å². The van der Waals surface area contributed by atoms with Gasteiger partial charge in [-0.05, 0) is 29.6 Å². The number of nitrogens with two attached hydrogens (primary N) is 1. The Balaban J connectivity index is 2.12. The first-order valence-corrected chi connectivity index (χ1v) is 7.27. The Morgan fingerprint density at radius 2 is 1.84 bits per heavy atom. The lowest BCUT2D eigenvalue weighted by Crippen LogP contribution is -2.29. The minimum Gasteiger partial charge on any atom is -0.271 e. The van der Waals surface area contributed by atoms with Gasteiger partial charge >= 0.3 is 0 Å². The van der Waals surface area contributed by atoms with Crippen LogP contribution >= 0.6 is 22.7 Å². The molecule has 6 heteroatoms. The van der Waals surface area contributed by atoms with Gasteiger partial charge in [-0.2, -0.15) is 0 Å². The summed E-state index contributed by atoms with van der Waals surface area (Å²) in [7, 11) is 0. The molecule has 0 aliphatic heterocycles. The van der Waals surface area contributed by atoms with Crippen molar-refractivity contribution in [3.8, 4) is 0 Å². The zero-order valence-electron chi connectivity index (χ0n) is 9.69. The summed E-state index contributed by atoms with van der Waals surface area (Å²) in [6, 6.07) is 7.04. The summed E-state index contributed by atoms with van der Waals surface area (Å²) >= 11 is 3.08. The number of thiophene rings is 2. The zero-order valence-corrected chi connectivity index (χ0v) is 11.3. The molecule has 19 heavy (non-hydrogen) atoms. The van der Waals surface area contributed by atoms with E-state index in [1.165, 1.54) is 29.5 Å². The number of nitrogens with one attached hydrogen (secondary N) is 1. The van der Waals surface area contributed by atoms with Gasteiger partial charge in [0.05, 0.1) is 6.04 Å². The van der Waals surface area contributed by atoms with Crippen LogP contribution in [0.15, 0.2) is 35.7 Å². The van der Waals surface area contributed by atoms with Crippen LogP contribution in [-0.4, -0.2) is 0 Å². The van der Waals surface area contributed by atoms with Crippen LogP contribution in [0.5, 0.6) is 0 Å². The van der Waals surface area contributed by atoms with Crippen LogP contribution in [0.25, 0.3) is 9.40 Å². The van der Waals surface area contributed by atoms with E-state index in [0.717, 1.165) is 14.3 Å². The van der Waals surface area contributed by atoms with Crippen LogP contribution in [0, 0.1) is 11.6 Å². The molecule has 1 unspecified atom stereocenters. The smallest absolute Gasteiger partial charge is 0.131 e. The monoisotopic (exact) mass is 296 g/mol. The Hall–Kier alpha value is -1.34. The summed E-state index contributed by atoms with van der Waals surface area (Å²) in [5.74, 6) is 4.30. The van der Waals surface area contributed by atoms with E-state index in [2.05, 4.69) is 5.43 Å². The molecule has 0 bridgehead atoms. The molecule has 0 saturated heterocycles. The number of halogens is 2. The molecule has 2 heterocycles. The summed E-state index contributed by atoms with van der Waals surface area (Å²) in [5.41, 5.74) is 2.46. The van der Waals surface area contributed by atoms with E-state index in [1.807, 2.05) is 17.5 Å². The largest absolute Gasteiger partial charge is 0.271 e. The van der Waals surface area contributed by atoms with Crippen molar-refractivity contribution < 1.29 is 8.78 Å². The molecule has 0 spiro atoms. The van der Waals surface area contributed by atoms with Crippen molar-refractivity contribution in [2.45, 2.75) is 6.04 Å². The van der Waals surface area contributed by atoms with Crippen molar-refractivity contribution in [2.24, 2.45) is 5.84 Å². The van der Waals surface area contributed by atoms with Gasteiger partial charge in [-0.15, -0.1) is 22.7 Å². The maximum atomic E-state index is 13.8.